The SMILES string of the molecule is O=C(c1cccc2c1OCCO2)N1CC(N2CCN(C3CCCCC3)CC2)C1. The smallest absolute Gasteiger partial charge is 0.257 e. The Kier molecular flexibility index (Phi) is 5.16. The van der Waals surface area contributed by atoms with Gasteiger partial charge < -0.3 is 14.4 Å². The van der Waals surface area contributed by atoms with Crippen LogP contribution in [0.3, 0.4) is 0 Å². The number of fused-ring (bicyclic) bond motifs is 1. The van der Waals surface area contributed by atoms with Crippen LogP contribution >= 0.6 is 0 Å². The molecule has 0 atom stereocenters. The van der Waals surface area contributed by atoms with Crippen LogP contribution in [0.15, 0.2) is 18.2 Å². The molecule has 0 unspecified atom stereocenters. The summed E-state index contributed by atoms with van der Waals surface area (Å²) in [6.07, 6.45) is 7.01. The van der Waals surface area contributed by atoms with Crippen LogP contribution in [0.1, 0.15) is 42.5 Å². The molecule has 152 valence electrons. The summed E-state index contributed by atoms with van der Waals surface area (Å²) in [5, 5.41) is 0. The Morgan fingerprint density at radius 1 is 0.857 bits per heavy atom. The maximum absolute atomic E-state index is 12.9. The molecule has 1 aromatic rings. The van der Waals surface area contributed by atoms with Crippen molar-refractivity contribution in [2.45, 2.75) is 44.2 Å². The molecule has 3 aliphatic heterocycles. The van der Waals surface area contributed by atoms with Crippen molar-refractivity contribution in [2.24, 2.45) is 0 Å². The van der Waals surface area contributed by atoms with Crippen LogP contribution in [-0.4, -0.2) is 85.2 Å². The molecule has 2 saturated heterocycles. The van der Waals surface area contributed by atoms with Gasteiger partial charge in [-0.05, 0) is 25.0 Å². The number of carbonyl (C=O) groups excluding carboxylic acids is 1. The first-order valence-electron chi connectivity index (χ1n) is 11.0. The van der Waals surface area contributed by atoms with E-state index in [0.717, 1.165) is 32.2 Å². The third-order valence-corrected chi connectivity index (χ3v) is 6.90. The summed E-state index contributed by atoms with van der Waals surface area (Å²) in [6.45, 7) is 7.36. The number of amides is 1. The predicted octanol–water partition coefficient (Wildman–Crippen LogP) is 2.23. The highest BCUT2D eigenvalue weighted by Crippen LogP contribution is 2.35. The normalized spacial score (nSPS) is 24.8. The van der Waals surface area contributed by atoms with Crippen molar-refractivity contribution >= 4 is 5.91 Å². The number of piperazine rings is 1. The molecule has 0 aromatic heterocycles. The molecule has 1 amide bonds. The summed E-state index contributed by atoms with van der Waals surface area (Å²) in [5.41, 5.74) is 0.637. The first-order valence-corrected chi connectivity index (χ1v) is 11.0. The second kappa shape index (κ2) is 7.91. The number of hydrogen-bond donors (Lipinski definition) is 0. The molecule has 5 rings (SSSR count). The van der Waals surface area contributed by atoms with Gasteiger partial charge in [-0.1, -0.05) is 25.3 Å². The van der Waals surface area contributed by atoms with Gasteiger partial charge in [0.25, 0.3) is 5.91 Å². The van der Waals surface area contributed by atoms with E-state index < -0.39 is 0 Å². The van der Waals surface area contributed by atoms with E-state index in [1.807, 2.05) is 23.1 Å². The minimum atomic E-state index is 0.0689. The third-order valence-electron chi connectivity index (χ3n) is 6.90. The number of carbonyl (C=O) groups is 1. The monoisotopic (exact) mass is 385 g/mol. The van der Waals surface area contributed by atoms with Crippen LogP contribution in [0.5, 0.6) is 11.5 Å². The van der Waals surface area contributed by atoms with Gasteiger partial charge in [-0.15, -0.1) is 0 Å². The lowest BCUT2D eigenvalue weighted by atomic mass is 9.93. The first-order chi connectivity index (χ1) is 13.8. The summed E-state index contributed by atoms with van der Waals surface area (Å²) >= 11 is 0. The maximum Gasteiger partial charge on any atom is 0.257 e. The Balaban J connectivity index is 1.14. The van der Waals surface area contributed by atoms with Gasteiger partial charge in [0.1, 0.15) is 13.2 Å². The van der Waals surface area contributed by atoms with Gasteiger partial charge in [0.2, 0.25) is 0 Å². The summed E-state index contributed by atoms with van der Waals surface area (Å²) in [4.78, 5) is 20.2. The van der Waals surface area contributed by atoms with E-state index >= 15 is 0 Å². The standard InChI is InChI=1S/C22H31N3O3/c26-22(19-7-4-8-20-21(19)28-14-13-27-20)25-15-18(16-25)24-11-9-23(10-12-24)17-5-2-1-3-6-17/h4,7-8,17-18H,1-3,5-6,9-16H2. The molecule has 0 radical (unpaired) electrons. The number of ether oxygens (including phenoxy) is 2. The van der Waals surface area contributed by atoms with Gasteiger partial charge in [-0.2, -0.15) is 0 Å². The lowest BCUT2D eigenvalue weighted by Crippen LogP contribution is -2.64. The first kappa shape index (κ1) is 18.3. The second-order valence-electron chi connectivity index (χ2n) is 8.56. The van der Waals surface area contributed by atoms with E-state index in [-0.39, 0.29) is 5.91 Å². The Morgan fingerprint density at radius 2 is 1.54 bits per heavy atom. The Bertz CT molecular complexity index is 705. The summed E-state index contributed by atoms with van der Waals surface area (Å²) in [6, 6.07) is 6.93. The minimum absolute atomic E-state index is 0.0689. The summed E-state index contributed by atoms with van der Waals surface area (Å²) < 4.78 is 11.3. The Labute approximate surface area is 167 Å². The van der Waals surface area contributed by atoms with E-state index in [4.69, 9.17) is 9.47 Å². The molecular formula is C22H31N3O3. The van der Waals surface area contributed by atoms with Gasteiger partial charge in [0.05, 0.1) is 5.56 Å². The predicted molar refractivity (Wildman–Crippen MR) is 107 cm³/mol. The van der Waals surface area contributed by atoms with Crippen LogP contribution in [0.2, 0.25) is 0 Å². The third kappa shape index (κ3) is 3.48. The van der Waals surface area contributed by atoms with Gasteiger partial charge in [-0.25, -0.2) is 0 Å². The fourth-order valence-corrected chi connectivity index (χ4v) is 5.18. The highest BCUT2D eigenvalue weighted by molar-refractivity contribution is 5.98. The molecule has 3 heterocycles. The Hall–Kier alpha value is -1.79. The van der Waals surface area contributed by atoms with E-state index in [1.54, 1.807) is 0 Å². The average molecular weight is 386 g/mol. The van der Waals surface area contributed by atoms with E-state index in [9.17, 15) is 4.79 Å². The highest BCUT2D eigenvalue weighted by atomic mass is 16.6. The zero-order chi connectivity index (χ0) is 18.9. The van der Waals surface area contributed by atoms with E-state index in [2.05, 4.69) is 9.80 Å². The lowest BCUT2D eigenvalue weighted by molar-refractivity contribution is -0.00287. The molecule has 0 bridgehead atoms. The van der Waals surface area contributed by atoms with Crippen LogP contribution in [-0.2, 0) is 0 Å². The highest BCUT2D eigenvalue weighted by Gasteiger charge is 2.38. The van der Waals surface area contributed by atoms with E-state index in [1.165, 1.54) is 45.2 Å². The van der Waals surface area contributed by atoms with Crippen molar-refractivity contribution < 1.29 is 14.3 Å². The molecule has 4 aliphatic rings. The van der Waals surface area contributed by atoms with Crippen molar-refractivity contribution in [2.75, 3.05) is 52.5 Å². The number of nitrogens with zero attached hydrogens (tertiary/aromatic N) is 3. The number of hydrogen-bond acceptors (Lipinski definition) is 5. The number of rotatable bonds is 3. The number of para-hydroxylation sites is 1. The molecular weight excluding hydrogens is 354 g/mol. The molecule has 1 aliphatic carbocycles. The van der Waals surface area contributed by atoms with Gasteiger partial charge >= 0.3 is 0 Å². The average Bonchev–Trinajstić information content (AvgIpc) is 2.73. The van der Waals surface area contributed by atoms with Crippen LogP contribution in [0.25, 0.3) is 0 Å². The van der Waals surface area contributed by atoms with Gasteiger partial charge in [0.15, 0.2) is 11.5 Å². The second-order valence-corrected chi connectivity index (χ2v) is 8.56. The molecule has 28 heavy (non-hydrogen) atoms. The molecule has 1 saturated carbocycles. The van der Waals surface area contributed by atoms with Crippen LogP contribution in [0.4, 0.5) is 0 Å². The van der Waals surface area contributed by atoms with Crippen LogP contribution < -0.4 is 9.47 Å². The van der Waals surface area contributed by atoms with Crippen molar-refractivity contribution in [3.05, 3.63) is 23.8 Å². The van der Waals surface area contributed by atoms with Gasteiger partial charge in [0, 0.05) is 51.4 Å². The molecule has 0 N–H and O–H groups in total. The fraction of sp³-hybridized carbons (Fsp3) is 0.682. The largest absolute Gasteiger partial charge is 0.486 e. The van der Waals surface area contributed by atoms with Gasteiger partial charge in [-0.3, -0.25) is 14.6 Å². The quantitative estimate of drug-likeness (QED) is 0.799. The maximum atomic E-state index is 12.9. The lowest BCUT2D eigenvalue weighted by Gasteiger charge is -2.49. The van der Waals surface area contributed by atoms with Crippen molar-refractivity contribution in [3.8, 4) is 11.5 Å². The topological polar surface area (TPSA) is 45.3 Å². The number of likely N-dealkylation sites (tertiary alicyclic amines) is 1. The Morgan fingerprint density at radius 3 is 2.29 bits per heavy atom. The molecule has 3 fully saturated rings. The van der Waals surface area contributed by atoms with Crippen molar-refractivity contribution in [1.29, 1.82) is 0 Å². The fourth-order valence-electron chi connectivity index (χ4n) is 5.18. The van der Waals surface area contributed by atoms with Crippen molar-refractivity contribution in [1.82, 2.24) is 14.7 Å². The summed E-state index contributed by atoms with van der Waals surface area (Å²) in [5.74, 6) is 1.37. The van der Waals surface area contributed by atoms with E-state index in [0.29, 0.717) is 36.3 Å². The number of benzene rings is 1. The van der Waals surface area contributed by atoms with Crippen LogP contribution in [0, 0.1) is 0 Å². The zero-order valence-corrected chi connectivity index (χ0v) is 16.6. The zero-order valence-electron chi connectivity index (χ0n) is 16.6. The van der Waals surface area contributed by atoms with Crippen molar-refractivity contribution in [3.63, 3.8) is 0 Å². The molecule has 6 heteroatoms. The molecule has 1 aromatic carbocycles. The molecule has 0 spiro atoms. The minimum Gasteiger partial charge on any atom is -0.486 e. The summed E-state index contributed by atoms with van der Waals surface area (Å²) in [7, 11) is 0. The molecule has 6 nitrogen and oxygen atoms in total.